The zero-order valence-corrected chi connectivity index (χ0v) is 10.8. The van der Waals surface area contributed by atoms with E-state index in [1.54, 1.807) is 0 Å². The molecule has 0 atom stereocenters. The molecule has 2 aromatic rings. The van der Waals surface area contributed by atoms with Crippen molar-refractivity contribution in [1.29, 1.82) is 0 Å². The summed E-state index contributed by atoms with van der Waals surface area (Å²) in [5.41, 5.74) is 0.136. The minimum Gasteiger partial charge on any atom is -0.354 e. The van der Waals surface area contributed by atoms with Crippen molar-refractivity contribution in [3.05, 3.63) is 51.5 Å². The Hall–Kier alpha value is -2.08. The van der Waals surface area contributed by atoms with Gasteiger partial charge in [0.1, 0.15) is 9.88 Å². The van der Waals surface area contributed by atoms with E-state index in [-0.39, 0.29) is 11.5 Å². The molecule has 1 amide bonds. The van der Waals surface area contributed by atoms with Gasteiger partial charge in [-0.05, 0) is 18.2 Å². The van der Waals surface area contributed by atoms with Crippen LogP contribution in [0.4, 0.5) is 8.78 Å². The lowest BCUT2D eigenvalue weighted by Gasteiger charge is -1.96. The summed E-state index contributed by atoms with van der Waals surface area (Å²) in [7, 11) is 1.53. The third kappa shape index (κ3) is 3.03. The maximum absolute atomic E-state index is 13.4. The van der Waals surface area contributed by atoms with E-state index < -0.39 is 11.6 Å². The molecular weight excluding hydrogens is 270 g/mol. The number of halogens is 2. The van der Waals surface area contributed by atoms with Crippen molar-refractivity contribution in [2.75, 3.05) is 7.05 Å². The Kier molecular flexibility index (Phi) is 4.01. The normalized spacial score (nSPS) is 10.9. The predicted molar refractivity (Wildman–Crippen MR) is 70.8 cm³/mol. The molecule has 0 aliphatic heterocycles. The third-order valence-electron chi connectivity index (χ3n) is 2.36. The van der Waals surface area contributed by atoms with Gasteiger partial charge in [0.05, 0.1) is 6.20 Å². The van der Waals surface area contributed by atoms with E-state index in [1.807, 2.05) is 0 Å². The van der Waals surface area contributed by atoms with E-state index in [1.165, 1.54) is 48.9 Å². The van der Waals surface area contributed by atoms with Crippen molar-refractivity contribution in [3.63, 3.8) is 0 Å². The van der Waals surface area contributed by atoms with Gasteiger partial charge in [-0.3, -0.25) is 4.79 Å². The first-order valence-electron chi connectivity index (χ1n) is 5.42. The molecule has 0 aliphatic rings. The first kappa shape index (κ1) is 13.4. The highest BCUT2D eigenvalue weighted by Gasteiger charge is 2.08. The molecule has 3 nitrogen and oxygen atoms in total. The summed E-state index contributed by atoms with van der Waals surface area (Å²) in [6.45, 7) is 0. The van der Waals surface area contributed by atoms with E-state index in [0.717, 1.165) is 6.07 Å². The molecule has 0 spiro atoms. The molecule has 1 heterocycles. The van der Waals surface area contributed by atoms with Crippen molar-refractivity contribution < 1.29 is 13.6 Å². The fraction of sp³-hybridized carbons (Fsp3) is 0.0769. The second-order valence-electron chi connectivity index (χ2n) is 3.62. The molecule has 0 bridgehead atoms. The Morgan fingerprint density at radius 1 is 1.37 bits per heavy atom. The van der Waals surface area contributed by atoms with Crippen molar-refractivity contribution in [2.24, 2.45) is 0 Å². The topological polar surface area (TPSA) is 42.0 Å². The Balaban J connectivity index is 2.21. The van der Waals surface area contributed by atoms with Crippen molar-refractivity contribution in [1.82, 2.24) is 10.3 Å². The summed E-state index contributed by atoms with van der Waals surface area (Å²) in [6.07, 6.45) is 4.39. The number of hydrogen-bond donors (Lipinski definition) is 1. The smallest absolute Gasteiger partial charge is 0.262 e. The molecule has 6 heteroatoms. The van der Waals surface area contributed by atoms with Crippen molar-refractivity contribution in [3.8, 4) is 0 Å². The van der Waals surface area contributed by atoms with Gasteiger partial charge in [-0.1, -0.05) is 12.1 Å². The van der Waals surface area contributed by atoms with Gasteiger partial charge in [-0.25, -0.2) is 13.8 Å². The van der Waals surface area contributed by atoms with Gasteiger partial charge in [0.15, 0.2) is 11.6 Å². The van der Waals surface area contributed by atoms with Crippen LogP contribution in [0.15, 0.2) is 24.4 Å². The van der Waals surface area contributed by atoms with Crippen LogP contribution >= 0.6 is 11.3 Å². The van der Waals surface area contributed by atoms with Crippen LogP contribution < -0.4 is 5.32 Å². The molecule has 1 aromatic carbocycles. The second kappa shape index (κ2) is 5.71. The second-order valence-corrected chi connectivity index (χ2v) is 4.68. The van der Waals surface area contributed by atoms with Crippen LogP contribution in [-0.4, -0.2) is 17.9 Å². The number of benzene rings is 1. The Morgan fingerprint density at radius 2 is 2.16 bits per heavy atom. The predicted octanol–water partition coefficient (Wildman–Crippen LogP) is 2.95. The van der Waals surface area contributed by atoms with Gasteiger partial charge < -0.3 is 5.32 Å². The molecule has 0 saturated carbocycles. The van der Waals surface area contributed by atoms with Crippen LogP contribution in [0, 0.1) is 11.6 Å². The fourth-order valence-corrected chi connectivity index (χ4v) is 2.17. The third-order valence-corrected chi connectivity index (χ3v) is 3.32. The lowest BCUT2D eigenvalue weighted by Crippen LogP contribution is -2.16. The number of hydrogen-bond acceptors (Lipinski definition) is 3. The van der Waals surface area contributed by atoms with Gasteiger partial charge in [0.2, 0.25) is 0 Å². The Morgan fingerprint density at radius 3 is 2.89 bits per heavy atom. The van der Waals surface area contributed by atoms with Crippen LogP contribution in [-0.2, 0) is 0 Å². The van der Waals surface area contributed by atoms with Crippen molar-refractivity contribution in [2.45, 2.75) is 0 Å². The van der Waals surface area contributed by atoms with Gasteiger partial charge in [0, 0.05) is 12.6 Å². The molecule has 98 valence electrons. The summed E-state index contributed by atoms with van der Waals surface area (Å²) in [4.78, 5) is 15.8. The van der Waals surface area contributed by atoms with E-state index >= 15 is 0 Å². The maximum atomic E-state index is 13.4. The monoisotopic (exact) mass is 280 g/mol. The highest BCUT2D eigenvalue weighted by Crippen LogP contribution is 2.18. The first-order chi connectivity index (χ1) is 9.11. The van der Waals surface area contributed by atoms with Crippen LogP contribution in [0.2, 0.25) is 0 Å². The standard InChI is InChI=1S/C13H10F2N2OS/c1-16-13(18)10-7-17-11(19-10)6-5-8-3-2-4-9(14)12(8)15/h2-7H,1H3,(H,16,18). The number of rotatable bonds is 3. The number of aromatic nitrogens is 1. The van der Waals surface area contributed by atoms with Crippen LogP contribution in [0.25, 0.3) is 12.2 Å². The van der Waals surface area contributed by atoms with Gasteiger partial charge in [0.25, 0.3) is 5.91 Å². The zero-order valence-electron chi connectivity index (χ0n) is 9.98. The minimum atomic E-state index is -0.901. The highest BCUT2D eigenvalue weighted by atomic mass is 32.1. The summed E-state index contributed by atoms with van der Waals surface area (Å²) in [5.74, 6) is -2.02. The summed E-state index contributed by atoms with van der Waals surface area (Å²) >= 11 is 1.17. The number of carbonyl (C=O) groups excluding carboxylic acids is 1. The summed E-state index contributed by atoms with van der Waals surface area (Å²) in [6, 6.07) is 3.94. The van der Waals surface area contributed by atoms with Gasteiger partial charge in [-0.2, -0.15) is 0 Å². The van der Waals surface area contributed by atoms with Crippen LogP contribution in [0.3, 0.4) is 0 Å². The highest BCUT2D eigenvalue weighted by molar-refractivity contribution is 7.14. The largest absolute Gasteiger partial charge is 0.354 e. The number of amides is 1. The fourth-order valence-electron chi connectivity index (χ4n) is 1.40. The molecular formula is C13H10F2N2OS. The number of nitrogens with one attached hydrogen (secondary N) is 1. The number of thiazole rings is 1. The molecule has 0 fully saturated rings. The van der Waals surface area contributed by atoms with E-state index in [0.29, 0.717) is 9.88 Å². The van der Waals surface area contributed by atoms with E-state index in [2.05, 4.69) is 10.3 Å². The average molecular weight is 280 g/mol. The number of nitrogens with zero attached hydrogens (tertiary/aromatic N) is 1. The van der Waals surface area contributed by atoms with Crippen LogP contribution in [0.5, 0.6) is 0 Å². The molecule has 1 aromatic heterocycles. The van der Waals surface area contributed by atoms with E-state index in [4.69, 9.17) is 0 Å². The molecule has 0 saturated heterocycles. The average Bonchev–Trinajstić information content (AvgIpc) is 2.88. The zero-order chi connectivity index (χ0) is 13.8. The molecule has 0 aliphatic carbocycles. The van der Waals surface area contributed by atoms with Crippen LogP contribution in [0.1, 0.15) is 20.2 Å². The number of carbonyl (C=O) groups is 1. The lowest BCUT2D eigenvalue weighted by molar-refractivity contribution is 0.0967. The molecule has 2 rings (SSSR count). The summed E-state index contributed by atoms with van der Waals surface area (Å²) < 4.78 is 26.4. The van der Waals surface area contributed by atoms with Crippen molar-refractivity contribution >= 4 is 29.4 Å². The quantitative estimate of drug-likeness (QED) is 0.939. The molecule has 1 N–H and O–H groups in total. The molecule has 0 radical (unpaired) electrons. The summed E-state index contributed by atoms with van der Waals surface area (Å²) in [5, 5.41) is 3.03. The Labute approximate surface area is 112 Å². The SMILES string of the molecule is CNC(=O)c1cnc(C=Cc2cccc(F)c2F)s1. The first-order valence-corrected chi connectivity index (χ1v) is 6.23. The lowest BCUT2D eigenvalue weighted by atomic mass is 10.2. The van der Waals surface area contributed by atoms with Gasteiger partial charge >= 0.3 is 0 Å². The van der Waals surface area contributed by atoms with Gasteiger partial charge in [-0.15, -0.1) is 11.3 Å². The minimum absolute atomic E-state index is 0.136. The molecule has 19 heavy (non-hydrogen) atoms. The van der Waals surface area contributed by atoms with E-state index in [9.17, 15) is 13.6 Å². The Bertz CT molecular complexity index is 637. The maximum Gasteiger partial charge on any atom is 0.262 e. The molecule has 0 unspecified atom stereocenters.